The lowest BCUT2D eigenvalue weighted by Gasteiger charge is -2.40. The molecule has 0 saturated heterocycles. The monoisotopic (exact) mass is 378 g/mol. The number of hydrogen-bond donors (Lipinski definition) is 2. The van der Waals surface area contributed by atoms with Crippen LogP contribution in [-0.4, -0.2) is 19.1 Å². The highest BCUT2D eigenvalue weighted by Gasteiger charge is 2.35. The molecule has 0 atom stereocenters. The molecule has 0 unspecified atom stereocenters. The zero-order chi connectivity index (χ0) is 16.8. The quantitative estimate of drug-likeness (QED) is 0.761. The van der Waals surface area contributed by atoms with Crippen LogP contribution in [0, 0.1) is 0 Å². The molecule has 3 rings (SSSR count). The average molecular weight is 379 g/mol. The molecule has 0 bridgehead atoms. The Kier molecular flexibility index (Phi) is 7.77. The van der Waals surface area contributed by atoms with Crippen LogP contribution < -0.4 is 11.1 Å². The van der Waals surface area contributed by atoms with Crippen molar-refractivity contribution >= 4 is 24.0 Å². The first-order valence-corrected chi connectivity index (χ1v) is 9.33. The predicted octanol–water partition coefficient (Wildman–Crippen LogP) is 4.73. The van der Waals surface area contributed by atoms with Gasteiger partial charge in [0.1, 0.15) is 0 Å². The van der Waals surface area contributed by atoms with E-state index in [0.717, 1.165) is 30.8 Å². The van der Waals surface area contributed by atoms with Crippen molar-refractivity contribution in [2.24, 2.45) is 5.73 Å². The van der Waals surface area contributed by atoms with Gasteiger partial charge in [0.05, 0.1) is 0 Å². The Labute approximate surface area is 162 Å². The van der Waals surface area contributed by atoms with Crippen LogP contribution in [0.25, 0.3) is 0 Å². The lowest BCUT2D eigenvalue weighted by molar-refractivity contribution is 0.252. The van der Waals surface area contributed by atoms with E-state index < -0.39 is 0 Å². The molecule has 3 N–H and O–H groups in total. The second-order valence-electron chi connectivity index (χ2n) is 6.96. The highest BCUT2D eigenvalue weighted by atomic mass is 35.5. The minimum atomic E-state index is 0. The molecule has 25 heavy (non-hydrogen) atoms. The van der Waals surface area contributed by atoms with Crippen LogP contribution in [0.1, 0.15) is 36.8 Å². The van der Waals surface area contributed by atoms with Crippen molar-refractivity contribution in [2.75, 3.05) is 13.1 Å². The van der Waals surface area contributed by atoms with Gasteiger partial charge in [-0.15, -0.1) is 12.4 Å². The molecule has 2 nitrogen and oxygen atoms in total. The maximum atomic E-state index is 6.19. The summed E-state index contributed by atoms with van der Waals surface area (Å²) in [5.41, 5.74) is 8.98. The van der Waals surface area contributed by atoms with Gasteiger partial charge in [-0.1, -0.05) is 54.1 Å². The van der Waals surface area contributed by atoms with E-state index in [1.807, 2.05) is 12.1 Å². The van der Waals surface area contributed by atoms with Gasteiger partial charge >= 0.3 is 0 Å². The molecule has 0 radical (unpaired) electrons. The molecule has 0 amide bonds. The number of nitrogens with one attached hydrogen (secondary N) is 1. The fraction of sp³-hybridized carbons (Fsp3) is 0.429. The van der Waals surface area contributed by atoms with Crippen LogP contribution in [0.4, 0.5) is 0 Å². The number of hydrogen-bond acceptors (Lipinski definition) is 2. The summed E-state index contributed by atoms with van der Waals surface area (Å²) in [5, 5.41) is 4.54. The summed E-state index contributed by atoms with van der Waals surface area (Å²) >= 11 is 6.19. The lowest BCUT2D eigenvalue weighted by atomic mass is 9.68. The first kappa shape index (κ1) is 20.3. The van der Waals surface area contributed by atoms with Gasteiger partial charge in [0.2, 0.25) is 0 Å². The molecule has 0 heterocycles. The first-order valence-electron chi connectivity index (χ1n) is 8.95. The Balaban J connectivity index is 0.00000225. The number of nitrogens with two attached hydrogens (primary N) is 1. The molecule has 0 aromatic heterocycles. The molecule has 2 aromatic carbocycles. The van der Waals surface area contributed by atoms with E-state index >= 15 is 0 Å². The minimum Gasteiger partial charge on any atom is -0.330 e. The maximum Gasteiger partial charge on any atom is 0.0408 e. The third kappa shape index (κ3) is 5.21. The molecule has 0 spiro atoms. The van der Waals surface area contributed by atoms with E-state index in [2.05, 4.69) is 47.8 Å². The van der Waals surface area contributed by atoms with Gasteiger partial charge in [-0.2, -0.15) is 0 Å². The van der Waals surface area contributed by atoms with Crippen LogP contribution in [0.15, 0.2) is 54.6 Å². The largest absolute Gasteiger partial charge is 0.330 e. The Morgan fingerprint density at radius 1 is 1.04 bits per heavy atom. The molecule has 2 aromatic rings. The van der Waals surface area contributed by atoms with Crippen molar-refractivity contribution in [1.29, 1.82) is 0 Å². The highest BCUT2D eigenvalue weighted by molar-refractivity contribution is 6.30. The summed E-state index contributed by atoms with van der Waals surface area (Å²) in [4.78, 5) is 0. The lowest BCUT2D eigenvalue weighted by Crippen LogP contribution is -2.44. The fourth-order valence-electron chi connectivity index (χ4n) is 3.87. The third-order valence-electron chi connectivity index (χ3n) is 5.46. The van der Waals surface area contributed by atoms with E-state index in [4.69, 9.17) is 17.3 Å². The predicted molar refractivity (Wildman–Crippen MR) is 110 cm³/mol. The maximum absolute atomic E-state index is 6.19. The summed E-state index contributed by atoms with van der Waals surface area (Å²) in [6.07, 6.45) is 5.71. The van der Waals surface area contributed by atoms with Crippen LogP contribution in [0.3, 0.4) is 0 Å². The zero-order valence-corrected chi connectivity index (χ0v) is 16.2. The van der Waals surface area contributed by atoms with Gasteiger partial charge in [-0.3, -0.25) is 0 Å². The average Bonchev–Trinajstić information content (AvgIpc) is 2.63. The van der Waals surface area contributed by atoms with E-state index in [1.54, 1.807) is 0 Å². The number of halogens is 2. The molecular formula is C21H28Cl2N2. The summed E-state index contributed by atoms with van der Waals surface area (Å²) in [6.45, 7) is 1.74. The van der Waals surface area contributed by atoms with E-state index in [9.17, 15) is 0 Å². The summed E-state index contributed by atoms with van der Waals surface area (Å²) < 4.78 is 0. The van der Waals surface area contributed by atoms with Crippen LogP contribution in [-0.2, 0) is 11.8 Å². The molecular weight excluding hydrogens is 351 g/mol. The van der Waals surface area contributed by atoms with Gasteiger partial charge in [0, 0.05) is 23.0 Å². The van der Waals surface area contributed by atoms with Crippen LogP contribution >= 0.6 is 24.0 Å². The summed E-state index contributed by atoms with van der Waals surface area (Å²) in [7, 11) is 0. The first-order chi connectivity index (χ1) is 11.7. The molecule has 1 fully saturated rings. The molecule has 136 valence electrons. The van der Waals surface area contributed by atoms with Crippen molar-refractivity contribution in [3.63, 3.8) is 0 Å². The Morgan fingerprint density at radius 2 is 1.76 bits per heavy atom. The second kappa shape index (κ2) is 9.59. The smallest absolute Gasteiger partial charge is 0.0408 e. The second-order valence-corrected chi connectivity index (χ2v) is 7.40. The highest BCUT2D eigenvalue weighted by Crippen LogP contribution is 2.39. The van der Waals surface area contributed by atoms with Gasteiger partial charge in [0.25, 0.3) is 0 Å². The number of rotatable bonds is 6. The van der Waals surface area contributed by atoms with E-state index in [-0.39, 0.29) is 17.8 Å². The molecule has 1 aliphatic carbocycles. The van der Waals surface area contributed by atoms with Crippen molar-refractivity contribution in [1.82, 2.24) is 5.32 Å². The van der Waals surface area contributed by atoms with E-state index in [0.29, 0.717) is 12.6 Å². The minimum absolute atomic E-state index is 0. The molecule has 0 aliphatic heterocycles. The van der Waals surface area contributed by atoms with Crippen LogP contribution in [0.2, 0.25) is 5.02 Å². The van der Waals surface area contributed by atoms with Crippen molar-refractivity contribution < 1.29 is 0 Å². The van der Waals surface area contributed by atoms with Gasteiger partial charge in [-0.05, 0) is 61.9 Å². The number of benzene rings is 2. The standard InChI is InChI=1S/C21H27ClN2.ClH/c22-19-8-4-7-18(15-19)21(16-23)12-9-20(10-13-21)24-14-11-17-5-2-1-3-6-17;/h1-8,15,20,24H,9-14,16,23H2;1H/t20-,21-;. The molecule has 1 saturated carbocycles. The molecule has 4 heteroatoms. The SMILES string of the molecule is Cl.NC[C@]1(c2cccc(Cl)c2)CC[C@H](NCCc2ccccc2)CC1. The van der Waals surface area contributed by atoms with Crippen LogP contribution in [0.5, 0.6) is 0 Å². The van der Waals surface area contributed by atoms with Gasteiger partial charge < -0.3 is 11.1 Å². The van der Waals surface area contributed by atoms with Crippen molar-refractivity contribution in [3.05, 3.63) is 70.7 Å². The zero-order valence-electron chi connectivity index (χ0n) is 14.6. The summed E-state index contributed by atoms with van der Waals surface area (Å²) in [5.74, 6) is 0. The Bertz CT molecular complexity index is 637. The van der Waals surface area contributed by atoms with Gasteiger partial charge in [0.15, 0.2) is 0 Å². The fourth-order valence-corrected chi connectivity index (χ4v) is 4.06. The Morgan fingerprint density at radius 3 is 2.40 bits per heavy atom. The normalized spacial score (nSPS) is 23.0. The van der Waals surface area contributed by atoms with Crippen molar-refractivity contribution in [2.45, 2.75) is 43.6 Å². The Hall–Kier alpha value is -1.06. The summed E-state index contributed by atoms with van der Waals surface area (Å²) in [6, 6.07) is 19.5. The third-order valence-corrected chi connectivity index (χ3v) is 5.70. The van der Waals surface area contributed by atoms with Crippen molar-refractivity contribution in [3.8, 4) is 0 Å². The molecule has 1 aliphatic rings. The van der Waals surface area contributed by atoms with Gasteiger partial charge in [-0.25, -0.2) is 0 Å². The topological polar surface area (TPSA) is 38.0 Å². The van der Waals surface area contributed by atoms with E-state index in [1.165, 1.54) is 24.0 Å².